The largest absolute Gasteiger partial charge is 0.491 e. The summed E-state index contributed by atoms with van der Waals surface area (Å²) in [6, 6.07) is 16.4. The highest BCUT2D eigenvalue weighted by atomic mass is 19.2. The first-order chi connectivity index (χ1) is 16.6. The van der Waals surface area contributed by atoms with Crippen LogP contribution in [0, 0.1) is 17.5 Å². The number of ether oxygens (including phenoxy) is 1. The van der Waals surface area contributed by atoms with Crippen LogP contribution < -0.4 is 26.2 Å². The lowest BCUT2D eigenvalue weighted by Gasteiger charge is -2.36. The highest BCUT2D eigenvalue weighted by Crippen LogP contribution is 2.35. The van der Waals surface area contributed by atoms with Gasteiger partial charge in [-0.1, -0.05) is 30.3 Å². The summed E-state index contributed by atoms with van der Waals surface area (Å²) in [7, 11) is 1.31. The molecule has 2 atom stereocenters. The van der Waals surface area contributed by atoms with Crippen LogP contribution in [0.3, 0.4) is 0 Å². The van der Waals surface area contributed by atoms with Gasteiger partial charge in [0.2, 0.25) is 0 Å². The average molecular weight is 480 g/mol. The molecule has 4 aromatic carbocycles. The van der Waals surface area contributed by atoms with E-state index in [9.17, 15) is 22.8 Å². The molecule has 0 spiro atoms. The molecule has 0 heterocycles. The van der Waals surface area contributed by atoms with Gasteiger partial charge in [-0.15, -0.1) is 0 Å². The van der Waals surface area contributed by atoms with Gasteiger partial charge in [-0.3, -0.25) is 14.9 Å². The molecule has 35 heavy (non-hydrogen) atoms. The Hall–Kier alpha value is -3.91. The van der Waals surface area contributed by atoms with E-state index in [1.807, 2.05) is 19.9 Å². The van der Waals surface area contributed by atoms with Crippen molar-refractivity contribution in [1.29, 1.82) is 0 Å². The van der Waals surface area contributed by atoms with E-state index in [0.29, 0.717) is 11.3 Å². The van der Waals surface area contributed by atoms with Crippen LogP contribution in [0.5, 0.6) is 5.75 Å². The second-order valence-electron chi connectivity index (χ2n) is 8.44. The van der Waals surface area contributed by atoms with E-state index in [2.05, 4.69) is 10.6 Å². The van der Waals surface area contributed by atoms with Crippen molar-refractivity contribution in [2.75, 3.05) is 12.4 Å². The fraction of sp³-hybridized carbons (Fsp3) is 0.185. The van der Waals surface area contributed by atoms with Crippen LogP contribution in [0.15, 0.2) is 76.3 Å². The van der Waals surface area contributed by atoms with Gasteiger partial charge in [0.25, 0.3) is 10.9 Å². The summed E-state index contributed by atoms with van der Waals surface area (Å²) < 4.78 is 46.0. The van der Waals surface area contributed by atoms with Gasteiger partial charge in [-0.25, -0.2) is 13.2 Å². The van der Waals surface area contributed by atoms with Gasteiger partial charge in [-0.05, 0) is 66.9 Å². The molecule has 0 bridgehead atoms. The zero-order chi connectivity index (χ0) is 25.3. The molecule has 2 N–H and O–H groups in total. The van der Waals surface area contributed by atoms with Gasteiger partial charge in [0.05, 0.1) is 12.6 Å². The molecular weight excluding hydrogens is 457 g/mol. The smallest absolute Gasteiger partial charge is 0.272 e. The third kappa shape index (κ3) is 4.57. The maximum Gasteiger partial charge on any atom is 0.272 e. The summed E-state index contributed by atoms with van der Waals surface area (Å²) in [4.78, 5) is 23.6. The van der Waals surface area contributed by atoms with Crippen molar-refractivity contribution in [3.05, 3.63) is 121 Å². The third-order valence-corrected chi connectivity index (χ3v) is 6.15. The molecule has 0 aliphatic heterocycles. The summed E-state index contributed by atoms with van der Waals surface area (Å²) in [5, 5.41) is 6.39. The van der Waals surface area contributed by atoms with Crippen LogP contribution in [-0.2, 0) is 5.54 Å². The topological polar surface area (TPSA) is 67.4 Å². The SMILES string of the molecule is COc1c(Nc2cccc(C(C)(NC(C)c3ccc(F)c(F)c3)c3ccc(F)cc3)c2)c(=O)c1=O. The number of hydrogen-bond acceptors (Lipinski definition) is 5. The fourth-order valence-electron chi connectivity index (χ4n) is 4.15. The number of methoxy groups -OCH3 is 1. The third-order valence-electron chi connectivity index (χ3n) is 6.15. The Bertz CT molecular complexity index is 1450. The van der Waals surface area contributed by atoms with Crippen LogP contribution in [0.4, 0.5) is 24.5 Å². The molecule has 2 unspecified atom stereocenters. The van der Waals surface area contributed by atoms with E-state index in [0.717, 1.165) is 23.3 Å². The van der Waals surface area contributed by atoms with Crippen molar-refractivity contribution < 1.29 is 17.9 Å². The average Bonchev–Trinajstić information content (AvgIpc) is 2.85. The fourth-order valence-corrected chi connectivity index (χ4v) is 4.15. The number of nitrogens with one attached hydrogen (secondary N) is 2. The van der Waals surface area contributed by atoms with Crippen molar-refractivity contribution in [3.8, 4) is 5.75 Å². The Kier molecular flexibility index (Phi) is 6.49. The first-order valence-corrected chi connectivity index (χ1v) is 10.9. The molecule has 5 nitrogen and oxygen atoms in total. The molecule has 8 heteroatoms. The summed E-state index contributed by atoms with van der Waals surface area (Å²) in [5.41, 5.74) is 0.319. The lowest BCUT2D eigenvalue weighted by Crippen LogP contribution is -2.42. The second-order valence-corrected chi connectivity index (χ2v) is 8.44. The minimum atomic E-state index is -0.951. The van der Waals surface area contributed by atoms with Crippen molar-refractivity contribution in [1.82, 2.24) is 5.32 Å². The van der Waals surface area contributed by atoms with Crippen LogP contribution in [0.25, 0.3) is 0 Å². The standard InChI is InChI=1S/C27H23F3N2O3/c1-15(16-7-12-21(29)22(30)13-16)32-27(2,17-8-10-19(28)11-9-17)18-5-4-6-20(14-18)31-23-24(33)25(34)26(23)35-3/h4-15,31-32H,1-3H3. The summed E-state index contributed by atoms with van der Waals surface area (Å²) in [6.45, 7) is 3.69. The molecule has 0 saturated carbocycles. The Labute approximate surface area is 199 Å². The first kappa shape index (κ1) is 24.2. The van der Waals surface area contributed by atoms with Gasteiger partial charge in [0, 0.05) is 11.7 Å². The summed E-state index contributed by atoms with van der Waals surface area (Å²) in [6.07, 6.45) is 0. The molecule has 4 aromatic rings. The minimum absolute atomic E-state index is 0.0354. The van der Waals surface area contributed by atoms with E-state index in [1.165, 1.54) is 25.3 Å². The van der Waals surface area contributed by atoms with E-state index >= 15 is 0 Å². The van der Waals surface area contributed by atoms with Crippen molar-refractivity contribution in [2.24, 2.45) is 0 Å². The van der Waals surface area contributed by atoms with Gasteiger partial charge in [0.15, 0.2) is 17.4 Å². The quantitative estimate of drug-likeness (QED) is 0.345. The maximum atomic E-state index is 13.9. The van der Waals surface area contributed by atoms with Crippen LogP contribution in [0.2, 0.25) is 0 Å². The van der Waals surface area contributed by atoms with Gasteiger partial charge < -0.3 is 10.1 Å². The Morgan fingerprint density at radius 1 is 0.857 bits per heavy atom. The van der Waals surface area contributed by atoms with Crippen LogP contribution in [-0.4, -0.2) is 7.11 Å². The maximum absolute atomic E-state index is 13.9. The van der Waals surface area contributed by atoms with E-state index in [-0.39, 0.29) is 11.4 Å². The Morgan fingerprint density at radius 2 is 1.57 bits per heavy atom. The Balaban J connectivity index is 1.74. The number of rotatable bonds is 8. The molecule has 0 amide bonds. The molecule has 0 fully saturated rings. The summed E-state index contributed by atoms with van der Waals surface area (Å²) in [5.74, 6) is -2.32. The number of benzene rings is 3. The van der Waals surface area contributed by atoms with Crippen LogP contribution >= 0.6 is 0 Å². The molecule has 0 aromatic heterocycles. The first-order valence-electron chi connectivity index (χ1n) is 10.9. The number of hydrogen-bond donors (Lipinski definition) is 2. The second kappa shape index (κ2) is 9.38. The molecule has 180 valence electrons. The molecule has 0 aliphatic carbocycles. The zero-order valence-electron chi connectivity index (χ0n) is 19.3. The zero-order valence-corrected chi connectivity index (χ0v) is 19.3. The lowest BCUT2D eigenvalue weighted by molar-refractivity contribution is 0.384. The normalized spacial score (nSPS) is 13.9. The van der Waals surface area contributed by atoms with Crippen molar-refractivity contribution in [3.63, 3.8) is 0 Å². The number of anilines is 2. The summed E-state index contributed by atoms with van der Waals surface area (Å²) >= 11 is 0. The molecule has 0 saturated heterocycles. The van der Waals surface area contributed by atoms with Gasteiger partial charge in [-0.2, -0.15) is 0 Å². The molecule has 0 radical (unpaired) electrons. The minimum Gasteiger partial charge on any atom is -0.491 e. The molecule has 0 aliphatic rings. The lowest BCUT2D eigenvalue weighted by atomic mass is 9.83. The monoisotopic (exact) mass is 480 g/mol. The van der Waals surface area contributed by atoms with E-state index in [4.69, 9.17) is 4.74 Å². The molecular formula is C27H23F3N2O3. The van der Waals surface area contributed by atoms with Gasteiger partial charge in [0.1, 0.15) is 11.5 Å². The predicted octanol–water partition coefficient (Wildman–Crippen LogP) is 5.07. The number of halogens is 3. The van der Waals surface area contributed by atoms with Crippen molar-refractivity contribution in [2.45, 2.75) is 25.4 Å². The Morgan fingerprint density at radius 3 is 2.23 bits per heavy atom. The highest BCUT2D eigenvalue weighted by Gasteiger charge is 2.31. The highest BCUT2D eigenvalue weighted by molar-refractivity contribution is 5.70. The molecule has 4 rings (SSSR count). The van der Waals surface area contributed by atoms with E-state index in [1.54, 1.807) is 30.3 Å². The van der Waals surface area contributed by atoms with E-state index < -0.39 is 39.9 Å². The van der Waals surface area contributed by atoms with Crippen LogP contribution in [0.1, 0.15) is 36.6 Å². The van der Waals surface area contributed by atoms with Crippen molar-refractivity contribution >= 4 is 11.4 Å². The predicted molar refractivity (Wildman–Crippen MR) is 128 cm³/mol. The van der Waals surface area contributed by atoms with Gasteiger partial charge >= 0.3 is 0 Å².